The molecule has 5 heteroatoms. The third kappa shape index (κ3) is 2.34. The molecule has 0 unspecified atom stereocenters. The molecule has 0 saturated carbocycles. The largest absolute Gasteiger partial charge is 0.223 e. The number of hydrogen-bond donors (Lipinski definition) is 0. The van der Waals surface area contributed by atoms with E-state index in [0.717, 1.165) is 10.1 Å². The van der Waals surface area contributed by atoms with Crippen molar-refractivity contribution in [2.24, 2.45) is 0 Å². The van der Waals surface area contributed by atoms with E-state index in [1.807, 2.05) is 29.6 Å². The van der Waals surface area contributed by atoms with Crippen LogP contribution in [0.3, 0.4) is 0 Å². The van der Waals surface area contributed by atoms with Crippen LogP contribution in [0.15, 0.2) is 58.8 Å². The molecule has 0 spiro atoms. The minimum absolute atomic E-state index is 0.183. The van der Waals surface area contributed by atoms with Crippen molar-refractivity contribution >= 4 is 31.3 Å². The van der Waals surface area contributed by atoms with Crippen molar-refractivity contribution in [3.8, 4) is 0 Å². The van der Waals surface area contributed by atoms with Gasteiger partial charge in [0.2, 0.25) is 0 Å². The molecule has 102 valence electrons. The van der Waals surface area contributed by atoms with Gasteiger partial charge in [0.15, 0.2) is 9.84 Å². The van der Waals surface area contributed by atoms with Crippen LogP contribution < -0.4 is 0 Å². The van der Waals surface area contributed by atoms with Crippen LogP contribution in [0.2, 0.25) is 0 Å². The normalized spacial score (nSPS) is 11.8. The summed E-state index contributed by atoms with van der Waals surface area (Å²) in [5.41, 5.74) is 0.717. The SMILES string of the molecule is O=S(=O)(Cc1csc2ccccc12)c1ccccc1F. The molecule has 0 amide bonds. The topological polar surface area (TPSA) is 34.1 Å². The minimum Gasteiger partial charge on any atom is -0.223 e. The molecule has 20 heavy (non-hydrogen) atoms. The summed E-state index contributed by atoms with van der Waals surface area (Å²) in [7, 11) is -3.67. The molecule has 1 heterocycles. The highest BCUT2D eigenvalue weighted by Gasteiger charge is 2.20. The van der Waals surface area contributed by atoms with Gasteiger partial charge in [-0.3, -0.25) is 0 Å². The molecule has 1 aromatic heterocycles. The van der Waals surface area contributed by atoms with E-state index in [0.29, 0.717) is 5.56 Å². The van der Waals surface area contributed by atoms with Gasteiger partial charge in [0.05, 0.1) is 5.75 Å². The number of sulfone groups is 1. The number of halogens is 1. The quantitative estimate of drug-likeness (QED) is 0.732. The van der Waals surface area contributed by atoms with Crippen molar-refractivity contribution in [1.82, 2.24) is 0 Å². The van der Waals surface area contributed by atoms with E-state index in [1.54, 1.807) is 0 Å². The molecule has 0 atom stereocenters. The number of hydrogen-bond acceptors (Lipinski definition) is 3. The van der Waals surface area contributed by atoms with E-state index in [1.165, 1.54) is 35.6 Å². The fraction of sp³-hybridized carbons (Fsp3) is 0.0667. The van der Waals surface area contributed by atoms with Crippen LogP contribution in [0.4, 0.5) is 4.39 Å². The summed E-state index contributed by atoms with van der Waals surface area (Å²) in [4.78, 5) is -0.240. The Kier molecular flexibility index (Phi) is 3.31. The monoisotopic (exact) mass is 306 g/mol. The van der Waals surface area contributed by atoms with E-state index >= 15 is 0 Å². The Hall–Kier alpha value is -1.72. The van der Waals surface area contributed by atoms with Gasteiger partial charge in [-0.05, 0) is 34.5 Å². The van der Waals surface area contributed by atoms with Gasteiger partial charge in [-0.1, -0.05) is 30.3 Å². The summed E-state index contributed by atoms with van der Waals surface area (Å²) < 4.78 is 39.3. The second-order valence-electron chi connectivity index (χ2n) is 4.45. The highest BCUT2D eigenvalue weighted by atomic mass is 32.2. The molecule has 0 aliphatic heterocycles. The van der Waals surface area contributed by atoms with Crippen molar-refractivity contribution in [2.45, 2.75) is 10.6 Å². The fourth-order valence-electron chi connectivity index (χ4n) is 2.12. The Morgan fingerprint density at radius 1 is 1.00 bits per heavy atom. The van der Waals surface area contributed by atoms with Crippen LogP contribution in [0.5, 0.6) is 0 Å². The van der Waals surface area contributed by atoms with Gasteiger partial charge in [0.25, 0.3) is 0 Å². The first-order valence-electron chi connectivity index (χ1n) is 6.00. The number of fused-ring (bicyclic) bond motifs is 1. The van der Waals surface area contributed by atoms with Gasteiger partial charge < -0.3 is 0 Å². The first kappa shape index (κ1) is 13.3. The first-order valence-corrected chi connectivity index (χ1v) is 8.53. The second-order valence-corrected chi connectivity index (χ2v) is 7.32. The number of benzene rings is 2. The molecule has 0 aliphatic carbocycles. The standard InChI is InChI=1S/C15H11FO2S2/c16-13-6-2-4-8-15(13)20(17,18)10-11-9-19-14-7-3-1-5-12(11)14/h1-9H,10H2. The van der Waals surface area contributed by atoms with Gasteiger partial charge in [0, 0.05) is 4.70 Å². The summed E-state index contributed by atoms with van der Waals surface area (Å²) in [6.45, 7) is 0. The molecule has 0 N–H and O–H groups in total. The van der Waals surface area contributed by atoms with Crippen LogP contribution in [0.1, 0.15) is 5.56 Å². The zero-order chi connectivity index (χ0) is 14.2. The molecule has 0 bridgehead atoms. The van der Waals surface area contributed by atoms with Gasteiger partial charge in [-0.25, -0.2) is 12.8 Å². The zero-order valence-electron chi connectivity index (χ0n) is 10.4. The van der Waals surface area contributed by atoms with Crippen molar-refractivity contribution in [1.29, 1.82) is 0 Å². The lowest BCUT2D eigenvalue weighted by Gasteiger charge is -2.05. The van der Waals surface area contributed by atoms with Crippen molar-refractivity contribution < 1.29 is 12.8 Å². The third-order valence-electron chi connectivity index (χ3n) is 3.08. The van der Waals surface area contributed by atoms with Crippen LogP contribution >= 0.6 is 11.3 Å². The minimum atomic E-state index is -3.67. The maximum absolute atomic E-state index is 13.7. The lowest BCUT2D eigenvalue weighted by Crippen LogP contribution is -2.06. The third-order valence-corrected chi connectivity index (χ3v) is 5.78. The van der Waals surface area contributed by atoms with E-state index in [9.17, 15) is 12.8 Å². The lowest BCUT2D eigenvalue weighted by molar-refractivity contribution is 0.566. The molecule has 0 radical (unpaired) electrons. The maximum atomic E-state index is 13.7. The summed E-state index contributed by atoms with van der Waals surface area (Å²) in [5.74, 6) is -0.884. The zero-order valence-corrected chi connectivity index (χ0v) is 12.0. The molecular weight excluding hydrogens is 295 g/mol. The van der Waals surface area contributed by atoms with E-state index in [2.05, 4.69) is 0 Å². The van der Waals surface area contributed by atoms with Crippen LogP contribution in [-0.2, 0) is 15.6 Å². The van der Waals surface area contributed by atoms with E-state index in [-0.39, 0.29) is 10.6 Å². The second kappa shape index (κ2) is 5.00. The predicted octanol–water partition coefficient (Wildman–Crippen LogP) is 4.01. The molecule has 0 saturated heterocycles. The predicted molar refractivity (Wildman–Crippen MR) is 79.1 cm³/mol. The fourth-order valence-corrected chi connectivity index (χ4v) is 4.65. The molecule has 2 aromatic carbocycles. The van der Waals surface area contributed by atoms with Gasteiger partial charge in [0.1, 0.15) is 10.7 Å². The molecular formula is C15H11FO2S2. The van der Waals surface area contributed by atoms with E-state index in [4.69, 9.17) is 0 Å². The summed E-state index contributed by atoms with van der Waals surface area (Å²) in [5, 5.41) is 2.74. The van der Waals surface area contributed by atoms with Crippen LogP contribution in [0.25, 0.3) is 10.1 Å². The Bertz CT molecular complexity index is 866. The smallest absolute Gasteiger partial charge is 0.185 e. The first-order chi connectivity index (χ1) is 9.58. The molecule has 2 nitrogen and oxygen atoms in total. The lowest BCUT2D eigenvalue weighted by atomic mass is 10.2. The average Bonchev–Trinajstić information content (AvgIpc) is 2.82. The molecule has 3 aromatic rings. The van der Waals surface area contributed by atoms with Gasteiger partial charge >= 0.3 is 0 Å². The van der Waals surface area contributed by atoms with E-state index < -0.39 is 15.7 Å². The Morgan fingerprint density at radius 2 is 1.70 bits per heavy atom. The highest BCUT2D eigenvalue weighted by Crippen LogP contribution is 2.29. The van der Waals surface area contributed by atoms with Crippen molar-refractivity contribution in [3.63, 3.8) is 0 Å². The van der Waals surface area contributed by atoms with Crippen molar-refractivity contribution in [2.75, 3.05) is 0 Å². The van der Waals surface area contributed by atoms with Gasteiger partial charge in [-0.15, -0.1) is 11.3 Å². The summed E-state index contributed by atoms with van der Waals surface area (Å²) in [6.07, 6.45) is 0. The summed E-state index contributed by atoms with van der Waals surface area (Å²) in [6, 6.07) is 13.1. The van der Waals surface area contributed by atoms with Crippen LogP contribution in [-0.4, -0.2) is 8.42 Å². The van der Waals surface area contributed by atoms with Crippen molar-refractivity contribution in [3.05, 3.63) is 65.3 Å². The Morgan fingerprint density at radius 3 is 2.50 bits per heavy atom. The maximum Gasteiger partial charge on any atom is 0.185 e. The average molecular weight is 306 g/mol. The van der Waals surface area contributed by atoms with Gasteiger partial charge in [-0.2, -0.15) is 0 Å². The number of thiophene rings is 1. The number of rotatable bonds is 3. The molecule has 0 fully saturated rings. The molecule has 3 rings (SSSR count). The summed E-state index contributed by atoms with van der Waals surface area (Å²) >= 11 is 1.50. The van der Waals surface area contributed by atoms with Crippen LogP contribution in [0, 0.1) is 5.82 Å². The Balaban J connectivity index is 2.04. The Labute approximate surface area is 120 Å². The molecule has 0 aliphatic rings. The highest BCUT2D eigenvalue weighted by molar-refractivity contribution is 7.90.